The third-order valence-corrected chi connectivity index (χ3v) is 2.95. The predicted molar refractivity (Wildman–Crippen MR) is 69.8 cm³/mol. The fraction of sp³-hybridized carbons (Fsp3) is 0.357. The lowest BCUT2D eigenvalue weighted by molar-refractivity contribution is 0.504. The van der Waals surface area contributed by atoms with E-state index in [4.69, 9.17) is 0 Å². The molecule has 1 aromatic carbocycles. The molecule has 0 aliphatic rings. The zero-order valence-electron chi connectivity index (χ0n) is 10.9. The van der Waals surface area contributed by atoms with E-state index in [9.17, 15) is 13.2 Å². The maximum atomic E-state index is 13.7. The zero-order valence-corrected chi connectivity index (χ0v) is 10.9. The van der Waals surface area contributed by atoms with Crippen molar-refractivity contribution in [2.45, 2.75) is 26.7 Å². The van der Waals surface area contributed by atoms with Crippen molar-refractivity contribution in [2.75, 3.05) is 11.9 Å². The maximum Gasteiger partial charge on any atom is 0.185 e. The van der Waals surface area contributed by atoms with E-state index in [2.05, 4.69) is 10.3 Å². The average Bonchev–Trinajstić information content (AvgIpc) is 2.41. The van der Waals surface area contributed by atoms with Gasteiger partial charge in [0.2, 0.25) is 0 Å². The molecule has 2 rings (SSSR count). The highest BCUT2D eigenvalue weighted by molar-refractivity contribution is 5.83. The Morgan fingerprint density at radius 3 is 2.47 bits per heavy atom. The highest BCUT2D eigenvalue weighted by atomic mass is 19.2. The fourth-order valence-electron chi connectivity index (χ4n) is 1.94. The first-order valence-electron chi connectivity index (χ1n) is 6.29. The molecule has 0 unspecified atom stereocenters. The summed E-state index contributed by atoms with van der Waals surface area (Å²) >= 11 is 0. The van der Waals surface area contributed by atoms with Crippen LogP contribution < -0.4 is 5.32 Å². The average molecular weight is 268 g/mol. The second-order valence-electron chi connectivity index (χ2n) is 4.33. The molecule has 1 aromatic heterocycles. The molecule has 0 saturated heterocycles. The van der Waals surface area contributed by atoms with Gasteiger partial charge in [0.1, 0.15) is 17.2 Å². The van der Waals surface area contributed by atoms with Gasteiger partial charge < -0.3 is 5.32 Å². The molecule has 0 spiro atoms. The molecule has 5 heteroatoms. The van der Waals surface area contributed by atoms with Crippen LogP contribution in [0.3, 0.4) is 0 Å². The summed E-state index contributed by atoms with van der Waals surface area (Å²) < 4.78 is 40.5. The number of aryl methyl sites for hydroxylation is 1. The van der Waals surface area contributed by atoms with Gasteiger partial charge >= 0.3 is 0 Å². The summed E-state index contributed by atoms with van der Waals surface area (Å²) in [6, 6.07) is 2.08. The number of nitrogens with one attached hydrogen (secondary N) is 1. The van der Waals surface area contributed by atoms with E-state index in [0.29, 0.717) is 24.8 Å². The van der Waals surface area contributed by atoms with E-state index < -0.39 is 17.5 Å². The highest BCUT2D eigenvalue weighted by Crippen LogP contribution is 2.26. The topological polar surface area (TPSA) is 24.9 Å². The molecule has 102 valence electrons. The van der Waals surface area contributed by atoms with Gasteiger partial charge in [-0.15, -0.1) is 0 Å². The lowest BCUT2D eigenvalue weighted by Crippen LogP contribution is -2.06. The smallest absolute Gasteiger partial charge is 0.185 e. The molecule has 19 heavy (non-hydrogen) atoms. The standard InChI is InChI=1S/C14H15F3N2/c1-3-5-18-14-8(4-2)6-9-10(15)7-11(16)12(17)13(9)19-14/h6-7H,3-5H2,1-2H3,(H,18,19). The van der Waals surface area contributed by atoms with Crippen molar-refractivity contribution in [1.82, 2.24) is 4.98 Å². The number of anilines is 1. The number of halogens is 3. The van der Waals surface area contributed by atoms with Gasteiger partial charge in [-0.25, -0.2) is 18.2 Å². The summed E-state index contributed by atoms with van der Waals surface area (Å²) in [5.74, 6) is -2.64. The summed E-state index contributed by atoms with van der Waals surface area (Å²) in [6.45, 7) is 4.56. The molecule has 1 heterocycles. The number of pyridine rings is 1. The van der Waals surface area contributed by atoms with Crippen LogP contribution in [0.1, 0.15) is 25.8 Å². The van der Waals surface area contributed by atoms with Crippen LogP contribution in [0.5, 0.6) is 0 Å². The molecule has 2 nitrogen and oxygen atoms in total. The number of aromatic nitrogens is 1. The largest absolute Gasteiger partial charge is 0.370 e. The summed E-state index contributed by atoms with van der Waals surface area (Å²) in [7, 11) is 0. The monoisotopic (exact) mass is 268 g/mol. The minimum atomic E-state index is -1.22. The molecule has 0 aliphatic heterocycles. The molecule has 0 radical (unpaired) electrons. The number of hydrogen-bond acceptors (Lipinski definition) is 2. The Balaban J connectivity index is 2.67. The first kappa shape index (κ1) is 13.6. The van der Waals surface area contributed by atoms with E-state index in [1.165, 1.54) is 6.07 Å². The number of nitrogens with zero attached hydrogens (tertiary/aromatic N) is 1. The Morgan fingerprint density at radius 1 is 1.11 bits per heavy atom. The maximum absolute atomic E-state index is 13.7. The van der Waals surface area contributed by atoms with Crippen molar-refractivity contribution in [1.29, 1.82) is 0 Å². The predicted octanol–water partition coefficient (Wildman–Crippen LogP) is 4.04. The Labute approximate surface area is 109 Å². The van der Waals surface area contributed by atoms with E-state index in [0.717, 1.165) is 12.0 Å². The van der Waals surface area contributed by atoms with Crippen molar-refractivity contribution in [3.8, 4) is 0 Å². The summed E-state index contributed by atoms with van der Waals surface area (Å²) in [5, 5.41) is 3.06. The first-order valence-corrected chi connectivity index (χ1v) is 6.29. The van der Waals surface area contributed by atoms with Gasteiger partial charge in [0.25, 0.3) is 0 Å². The van der Waals surface area contributed by atoms with Crippen LogP contribution in [0.4, 0.5) is 19.0 Å². The van der Waals surface area contributed by atoms with Crippen LogP contribution >= 0.6 is 0 Å². The molecule has 0 atom stereocenters. The minimum Gasteiger partial charge on any atom is -0.370 e. The molecular weight excluding hydrogens is 253 g/mol. The van der Waals surface area contributed by atoms with E-state index >= 15 is 0 Å². The van der Waals surface area contributed by atoms with E-state index in [1.807, 2.05) is 13.8 Å². The quantitative estimate of drug-likeness (QED) is 0.847. The van der Waals surface area contributed by atoms with E-state index in [-0.39, 0.29) is 10.9 Å². The highest BCUT2D eigenvalue weighted by Gasteiger charge is 2.16. The van der Waals surface area contributed by atoms with Gasteiger partial charge in [-0.3, -0.25) is 0 Å². The fourth-order valence-corrected chi connectivity index (χ4v) is 1.94. The van der Waals surface area contributed by atoms with Crippen LogP contribution in [-0.2, 0) is 6.42 Å². The third kappa shape index (κ3) is 2.50. The Morgan fingerprint density at radius 2 is 1.84 bits per heavy atom. The van der Waals surface area contributed by atoms with Gasteiger partial charge in [0.05, 0.1) is 0 Å². The molecule has 2 aromatic rings. The zero-order chi connectivity index (χ0) is 14.0. The van der Waals surface area contributed by atoms with Crippen molar-refractivity contribution < 1.29 is 13.2 Å². The summed E-state index contributed by atoms with van der Waals surface area (Å²) in [6.07, 6.45) is 1.51. The second kappa shape index (κ2) is 5.47. The van der Waals surface area contributed by atoms with Crippen molar-refractivity contribution in [2.24, 2.45) is 0 Å². The number of fused-ring (bicyclic) bond motifs is 1. The summed E-state index contributed by atoms with van der Waals surface area (Å²) in [5.41, 5.74) is 0.513. The number of benzene rings is 1. The van der Waals surface area contributed by atoms with Crippen LogP contribution in [-0.4, -0.2) is 11.5 Å². The lowest BCUT2D eigenvalue weighted by atomic mass is 10.1. The Hall–Kier alpha value is -1.78. The van der Waals surface area contributed by atoms with Crippen LogP contribution in [0, 0.1) is 17.5 Å². The molecule has 1 N–H and O–H groups in total. The Bertz CT molecular complexity index is 611. The van der Waals surface area contributed by atoms with Gasteiger partial charge in [-0.1, -0.05) is 13.8 Å². The van der Waals surface area contributed by atoms with Gasteiger partial charge in [0.15, 0.2) is 11.6 Å². The first-order chi connectivity index (χ1) is 9.08. The van der Waals surface area contributed by atoms with Crippen LogP contribution in [0.2, 0.25) is 0 Å². The normalized spacial score (nSPS) is 11.0. The summed E-state index contributed by atoms with van der Waals surface area (Å²) in [4.78, 5) is 4.04. The van der Waals surface area contributed by atoms with Crippen LogP contribution in [0.25, 0.3) is 10.9 Å². The lowest BCUT2D eigenvalue weighted by Gasteiger charge is -2.12. The molecule has 0 saturated carbocycles. The number of rotatable bonds is 4. The van der Waals surface area contributed by atoms with Crippen molar-refractivity contribution >= 4 is 16.7 Å². The number of hydrogen-bond donors (Lipinski definition) is 1. The van der Waals surface area contributed by atoms with Crippen molar-refractivity contribution in [3.05, 3.63) is 35.1 Å². The third-order valence-electron chi connectivity index (χ3n) is 2.95. The Kier molecular flexibility index (Phi) is 3.93. The molecular formula is C14H15F3N2. The van der Waals surface area contributed by atoms with Gasteiger partial charge in [-0.05, 0) is 24.5 Å². The molecule has 0 amide bonds. The van der Waals surface area contributed by atoms with Crippen LogP contribution in [0.15, 0.2) is 12.1 Å². The SMILES string of the molecule is CCCNc1nc2c(F)c(F)cc(F)c2cc1CC. The van der Waals surface area contributed by atoms with E-state index in [1.54, 1.807) is 0 Å². The minimum absolute atomic E-state index is 0.0119. The van der Waals surface area contributed by atoms with Gasteiger partial charge in [-0.2, -0.15) is 0 Å². The molecule has 0 aliphatic carbocycles. The molecule has 0 fully saturated rings. The van der Waals surface area contributed by atoms with Crippen molar-refractivity contribution in [3.63, 3.8) is 0 Å². The van der Waals surface area contributed by atoms with Gasteiger partial charge in [0, 0.05) is 18.0 Å². The molecule has 0 bridgehead atoms. The second-order valence-corrected chi connectivity index (χ2v) is 4.33.